The van der Waals surface area contributed by atoms with Crippen LogP contribution in [0.3, 0.4) is 0 Å². The minimum atomic E-state index is -0.0634. The molecule has 2 aromatic rings. The van der Waals surface area contributed by atoms with Gasteiger partial charge in [-0.25, -0.2) is 0 Å². The summed E-state index contributed by atoms with van der Waals surface area (Å²) in [5, 5.41) is 9.46. The summed E-state index contributed by atoms with van der Waals surface area (Å²) in [4.78, 5) is 18.7. The Bertz CT molecular complexity index is 685. The summed E-state index contributed by atoms with van der Waals surface area (Å²) in [6, 6.07) is 10.9. The number of hydrogen-bond donors (Lipinski definition) is 2. The number of amides is 1. The van der Waals surface area contributed by atoms with Gasteiger partial charge in [-0.15, -0.1) is 0 Å². The molecule has 0 spiro atoms. The zero-order chi connectivity index (χ0) is 16.2. The predicted molar refractivity (Wildman–Crippen MR) is 89.8 cm³/mol. The summed E-state index contributed by atoms with van der Waals surface area (Å²) in [6.45, 7) is 0.736. The number of likely N-dealkylation sites (tertiary alicyclic amines) is 1. The van der Waals surface area contributed by atoms with Crippen LogP contribution in [0.4, 0.5) is 5.69 Å². The first-order valence-corrected chi connectivity index (χ1v) is 7.93. The summed E-state index contributed by atoms with van der Waals surface area (Å²) in [6.07, 6.45) is 4.60. The Morgan fingerprint density at radius 2 is 2.04 bits per heavy atom. The van der Waals surface area contributed by atoms with Crippen LogP contribution < -0.4 is 5.73 Å². The van der Waals surface area contributed by atoms with Crippen LogP contribution in [0.15, 0.2) is 42.6 Å². The minimum absolute atomic E-state index is 0.0177. The summed E-state index contributed by atoms with van der Waals surface area (Å²) in [5.41, 5.74) is 8.79. The first-order valence-electron chi connectivity index (χ1n) is 7.93. The summed E-state index contributed by atoms with van der Waals surface area (Å²) in [5.74, 6) is -0.0177. The maximum absolute atomic E-state index is 12.7. The Hall–Kier alpha value is -2.40. The molecule has 1 aliphatic rings. The normalized spacial score (nSPS) is 18.0. The van der Waals surface area contributed by atoms with E-state index in [4.69, 9.17) is 5.73 Å². The van der Waals surface area contributed by atoms with E-state index in [1.54, 1.807) is 17.2 Å². The van der Waals surface area contributed by atoms with Crippen LogP contribution in [0.5, 0.6) is 0 Å². The van der Waals surface area contributed by atoms with Crippen molar-refractivity contribution < 1.29 is 9.90 Å². The molecule has 3 rings (SSSR count). The third-order valence-electron chi connectivity index (χ3n) is 4.31. The molecule has 1 unspecified atom stereocenters. The second kappa shape index (κ2) is 6.79. The number of anilines is 1. The third-order valence-corrected chi connectivity index (χ3v) is 4.31. The molecule has 0 aliphatic carbocycles. The van der Waals surface area contributed by atoms with Gasteiger partial charge in [0, 0.05) is 29.6 Å². The predicted octanol–water partition coefficient (Wildman–Crippen LogP) is 2.32. The fourth-order valence-corrected chi connectivity index (χ4v) is 3.01. The van der Waals surface area contributed by atoms with Gasteiger partial charge < -0.3 is 15.7 Å². The topological polar surface area (TPSA) is 79.5 Å². The largest absolute Gasteiger partial charge is 0.399 e. The van der Waals surface area contributed by atoms with E-state index in [1.165, 1.54) is 0 Å². The number of carbonyl (C=O) groups is 1. The van der Waals surface area contributed by atoms with Gasteiger partial charge in [0.2, 0.25) is 0 Å². The van der Waals surface area contributed by atoms with Gasteiger partial charge in [0.25, 0.3) is 5.91 Å². The average Bonchev–Trinajstić information content (AvgIpc) is 2.61. The second-order valence-electron chi connectivity index (χ2n) is 5.88. The van der Waals surface area contributed by atoms with E-state index < -0.39 is 0 Å². The van der Waals surface area contributed by atoms with E-state index in [2.05, 4.69) is 4.98 Å². The molecular weight excluding hydrogens is 290 g/mol. The van der Waals surface area contributed by atoms with E-state index in [-0.39, 0.29) is 18.6 Å². The van der Waals surface area contributed by atoms with Gasteiger partial charge in [-0.05, 0) is 43.5 Å². The molecule has 23 heavy (non-hydrogen) atoms. The highest BCUT2D eigenvalue weighted by atomic mass is 16.3. The van der Waals surface area contributed by atoms with Crippen molar-refractivity contribution in [3.8, 4) is 11.3 Å². The van der Waals surface area contributed by atoms with Gasteiger partial charge in [-0.1, -0.05) is 12.1 Å². The number of aromatic nitrogens is 1. The standard InChI is InChI=1S/C18H21N3O2/c19-15-8-9-20-17(11-15)13-4-6-14(7-5-13)18(23)21-10-2-1-3-16(21)12-22/h4-9,11,16,22H,1-3,10,12H2,(H2,19,20). The Kier molecular flexibility index (Phi) is 4.57. The van der Waals surface area contributed by atoms with E-state index in [0.717, 1.165) is 30.5 Å². The molecule has 1 aromatic carbocycles. The smallest absolute Gasteiger partial charge is 0.254 e. The van der Waals surface area contributed by atoms with Crippen molar-refractivity contribution in [3.05, 3.63) is 48.2 Å². The average molecular weight is 311 g/mol. The van der Waals surface area contributed by atoms with Gasteiger partial charge in [-0.2, -0.15) is 0 Å². The Labute approximate surface area is 135 Å². The Balaban J connectivity index is 1.80. The summed E-state index contributed by atoms with van der Waals surface area (Å²) < 4.78 is 0. The number of aliphatic hydroxyl groups excluding tert-OH is 1. The number of benzene rings is 1. The number of nitrogens with two attached hydrogens (primary N) is 1. The van der Waals surface area contributed by atoms with Gasteiger partial charge in [-0.3, -0.25) is 9.78 Å². The Morgan fingerprint density at radius 1 is 1.26 bits per heavy atom. The zero-order valence-corrected chi connectivity index (χ0v) is 13.0. The van der Waals surface area contributed by atoms with Crippen LogP contribution >= 0.6 is 0 Å². The van der Waals surface area contributed by atoms with Crippen molar-refractivity contribution in [2.24, 2.45) is 0 Å². The first kappa shape index (κ1) is 15.5. The zero-order valence-electron chi connectivity index (χ0n) is 13.0. The Morgan fingerprint density at radius 3 is 2.74 bits per heavy atom. The maximum Gasteiger partial charge on any atom is 0.254 e. The van der Waals surface area contributed by atoms with Gasteiger partial charge >= 0.3 is 0 Å². The fourth-order valence-electron chi connectivity index (χ4n) is 3.01. The van der Waals surface area contributed by atoms with E-state index in [1.807, 2.05) is 30.3 Å². The van der Waals surface area contributed by atoms with Crippen molar-refractivity contribution in [1.29, 1.82) is 0 Å². The molecule has 1 amide bonds. The number of pyridine rings is 1. The molecule has 5 nitrogen and oxygen atoms in total. The highest BCUT2D eigenvalue weighted by Crippen LogP contribution is 2.22. The number of piperidine rings is 1. The molecule has 5 heteroatoms. The van der Waals surface area contributed by atoms with Crippen molar-refractivity contribution in [3.63, 3.8) is 0 Å². The quantitative estimate of drug-likeness (QED) is 0.911. The second-order valence-corrected chi connectivity index (χ2v) is 5.88. The number of rotatable bonds is 3. The lowest BCUT2D eigenvalue weighted by atomic mass is 10.0. The van der Waals surface area contributed by atoms with Crippen molar-refractivity contribution in [2.75, 3.05) is 18.9 Å². The molecule has 1 fully saturated rings. The molecule has 0 bridgehead atoms. The van der Waals surface area contributed by atoms with Crippen LogP contribution in [-0.4, -0.2) is 40.1 Å². The SMILES string of the molecule is Nc1ccnc(-c2ccc(C(=O)N3CCCCC3CO)cc2)c1. The van der Waals surface area contributed by atoms with Crippen LogP contribution in [0.2, 0.25) is 0 Å². The van der Waals surface area contributed by atoms with Crippen LogP contribution in [0.1, 0.15) is 29.6 Å². The lowest BCUT2D eigenvalue weighted by molar-refractivity contribution is 0.0503. The third kappa shape index (κ3) is 3.35. The monoisotopic (exact) mass is 311 g/mol. The molecule has 2 heterocycles. The number of nitrogen functional groups attached to an aromatic ring is 1. The number of aliphatic hydroxyl groups is 1. The molecule has 0 saturated carbocycles. The van der Waals surface area contributed by atoms with Gasteiger partial charge in [0.1, 0.15) is 0 Å². The molecular formula is C18H21N3O2. The fraction of sp³-hybridized carbons (Fsp3) is 0.333. The highest BCUT2D eigenvalue weighted by molar-refractivity contribution is 5.95. The van der Waals surface area contributed by atoms with Crippen LogP contribution in [-0.2, 0) is 0 Å². The van der Waals surface area contributed by atoms with Gasteiger partial charge in [0.15, 0.2) is 0 Å². The molecule has 120 valence electrons. The number of carbonyl (C=O) groups excluding carboxylic acids is 1. The van der Waals surface area contributed by atoms with Crippen LogP contribution in [0.25, 0.3) is 11.3 Å². The highest BCUT2D eigenvalue weighted by Gasteiger charge is 2.26. The van der Waals surface area contributed by atoms with Crippen molar-refractivity contribution in [2.45, 2.75) is 25.3 Å². The van der Waals surface area contributed by atoms with Crippen molar-refractivity contribution >= 4 is 11.6 Å². The summed E-state index contributed by atoms with van der Waals surface area (Å²) >= 11 is 0. The molecule has 1 aromatic heterocycles. The molecule has 0 radical (unpaired) electrons. The lowest BCUT2D eigenvalue weighted by Gasteiger charge is -2.34. The van der Waals surface area contributed by atoms with Crippen LogP contribution in [0, 0.1) is 0 Å². The maximum atomic E-state index is 12.7. The number of nitrogens with zero attached hydrogens (tertiary/aromatic N) is 2. The molecule has 3 N–H and O–H groups in total. The number of hydrogen-bond acceptors (Lipinski definition) is 4. The van der Waals surface area contributed by atoms with E-state index >= 15 is 0 Å². The molecule has 1 aliphatic heterocycles. The molecule has 1 saturated heterocycles. The van der Waals surface area contributed by atoms with E-state index in [0.29, 0.717) is 17.8 Å². The lowest BCUT2D eigenvalue weighted by Crippen LogP contribution is -2.45. The summed E-state index contributed by atoms with van der Waals surface area (Å²) in [7, 11) is 0. The first-order chi connectivity index (χ1) is 11.2. The van der Waals surface area contributed by atoms with E-state index in [9.17, 15) is 9.90 Å². The minimum Gasteiger partial charge on any atom is -0.399 e. The molecule has 1 atom stereocenters. The van der Waals surface area contributed by atoms with Gasteiger partial charge in [0.05, 0.1) is 18.3 Å². The van der Waals surface area contributed by atoms with Crippen molar-refractivity contribution in [1.82, 2.24) is 9.88 Å².